The highest BCUT2D eigenvalue weighted by molar-refractivity contribution is 5.83. The first-order valence-corrected chi connectivity index (χ1v) is 31.1. The molecular weight excluding hydrogens is 993 g/mol. The third-order valence-corrected chi connectivity index (χ3v) is 16.0. The van der Waals surface area contributed by atoms with Crippen molar-refractivity contribution >= 4 is 36.5 Å². The van der Waals surface area contributed by atoms with E-state index in [1.54, 1.807) is 0 Å². The zero-order valence-corrected chi connectivity index (χ0v) is 53.3. The van der Waals surface area contributed by atoms with Gasteiger partial charge in [0.15, 0.2) is 0 Å². The highest BCUT2D eigenvalue weighted by Gasteiger charge is 2.19. The van der Waals surface area contributed by atoms with Gasteiger partial charge in [0.2, 0.25) is 0 Å². The molecule has 0 radical (unpaired) electrons. The van der Waals surface area contributed by atoms with Crippen LogP contribution >= 0.6 is 0 Å². The minimum atomic E-state index is 0.358. The van der Waals surface area contributed by atoms with E-state index in [0.717, 1.165) is 142 Å². The second-order valence-electron chi connectivity index (χ2n) is 23.8. The van der Waals surface area contributed by atoms with Gasteiger partial charge in [-0.2, -0.15) is 0 Å². The van der Waals surface area contributed by atoms with Crippen molar-refractivity contribution in [1.82, 2.24) is 0 Å². The Morgan fingerprint density at radius 2 is 0.375 bits per heavy atom. The SMILES string of the molecule is CC[C@H](C)COc1cc(/C=C/c2cc(OC[C@@H](C)CC)c(/C=C/c3cc(OC[C@@H](C)CC)c(/C=C/c4cc(OC[C@@H](C)CC)c(C)cc4OC[C@@H](C)CC)cc3OC[C@@H](C)CC)cc2OC[C@@H](C)CC)c(OC[C@@H](C)CC)cc1C. The molecule has 444 valence electrons. The van der Waals surface area contributed by atoms with Crippen molar-refractivity contribution in [2.45, 2.75) is 176 Å². The predicted molar refractivity (Wildman–Crippen MR) is 342 cm³/mol. The van der Waals surface area contributed by atoms with Crippen molar-refractivity contribution in [2.75, 3.05) is 52.9 Å². The van der Waals surface area contributed by atoms with Gasteiger partial charge in [-0.25, -0.2) is 0 Å². The molecule has 0 bridgehead atoms. The van der Waals surface area contributed by atoms with Crippen LogP contribution < -0.4 is 37.9 Å². The summed E-state index contributed by atoms with van der Waals surface area (Å²) < 4.78 is 53.2. The smallest absolute Gasteiger partial charge is 0.127 e. The van der Waals surface area contributed by atoms with Crippen LogP contribution in [0.15, 0.2) is 48.5 Å². The van der Waals surface area contributed by atoms with E-state index in [9.17, 15) is 0 Å². The van der Waals surface area contributed by atoms with E-state index in [4.69, 9.17) is 37.9 Å². The Kier molecular flexibility index (Phi) is 29.6. The van der Waals surface area contributed by atoms with E-state index in [1.165, 1.54) is 0 Å². The quantitative estimate of drug-likeness (QED) is 0.0411. The lowest BCUT2D eigenvalue weighted by Gasteiger charge is -2.20. The zero-order chi connectivity index (χ0) is 58.7. The molecule has 0 unspecified atom stereocenters. The molecule has 0 saturated heterocycles. The normalized spacial score (nSPS) is 14.9. The van der Waals surface area contributed by atoms with Crippen molar-refractivity contribution < 1.29 is 37.9 Å². The van der Waals surface area contributed by atoms with E-state index in [2.05, 4.69) is 210 Å². The van der Waals surface area contributed by atoms with Gasteiger partial charge in [0.25, 0.3) is 0 Å². The van der Waals surface area contributed by atoms with Crippen LogP contribution in [-0.4, -0.2) is 52.9 Å². The van der Waals surface area contributed by atoms with E-state index in [1.807, 2.05) is 0 Å². The first-order chi connectivity index (χ1) is 38.4. The average molecular weight is 1100 g/mol. The third kappa shape index (κ3) is 22.1. The summed E-state index contributed by atoms with van der Waals surface area (Å²) in [6.45, 7) is 44.6. The topological polar surface area (TPSA) is 73.8 Å². The van der Waals surface area contributed by atoms with E-state index in [-0.39, 0.29) is 0 Å². The number of hydrogen-bond donors (Lipinski definition) is 0. The van der Waals surface area contributed by atoms with Gasteiger partial charge in [-0.3, -0.25) is 0 Å². The summed E-state index contributed by atoms with van der Waals surface area (Å²) in [5.41, 5.74) is 7.69. The molecule has 8 heteroatoms. The summed E-state index contributed by atoms with van der Waals surface area (Å²) >= 11 is 0. The molecule has 0 spiro atoms. The summed E-state index contributed by atoms with van der Waals surface area (Å²) in [4.78, 5) is 0. The molecule has 0 amide bonds. The summed E-state index contributed by atoms with van der Waals surface area (Å²) in [6, 6.07) is 17.1. The Bertz CT molecular complexity index is 2360. The largest absolute Gasteiger partial charge is 0.493 e. The van der Waals surface area contributed by atoms with Gasteiger partial charge in [0.1, 0.15) is 46.0 Å². The molecule has 80 heavy (non-hydrogen) atoms. The van der Waals surface area contributed by atoms with Crippen molar-refractivity contribution in [1.29, 1.82) is 0 Å². The van der Waals surface area contributed by atoms with Crippen molar-refractivity contribution in [2.24, 2.45) is 47.3 Å². The average Bonchev–Trinajstić information content (AvgIpc) is 3.53. The first kappa shape index (κ1) is 67.0. The van der Waals surface area contributed by atoms with Gasteiger partial charge in [-0.05, 0) is 121 Å². The molecule has 0 N–H and O–H groups in total. The minimum absolute atomic E-state index is 0.358. The van der Waals surface area contributed by atoms with E-state index < -0.39 is 0 Å². The summed E-state index contributed by atoms with van der Waals surface area (Å²) in [5.74, 6) is 9.72. The number of ether oxygens (including phenoxy) is 8. The summed E-state index contributed by atoms with van der Waals surface area (Å²) in [5, 5.41) is 0. The van der Waals surface area contributed by atoms with Gasteiger partial charge in [-0.15, -0.1) is 0 Å². The van der Waals surface area contributed by atoms with Crippen LogP contribution in [0.1, 0.15) is 207 Å². The molecule has 0 aliphatic heterocycles. The Morgan fingerprint density at radius 1 is 0.237 bits per heavy atom. The fourth-order valence-corrected chi connectivity index (χ4v) is 7.72. The number of hydrogen-bond acceptors (Lipinski definition) is 8. The highest BCUT2D eigenvalue weighted by Crippen LogP contribution is 2.39. The lowest BCUT2D eigenvalue weighted by atomic mass is 10.0. The lowest BCUT2D eigenvalue weighted by molar-refractivity contribution is 0.248. The molecular formula is C72H108O8. The first-order valence-electron chi connectivity index (χ1n) is 31.1. The molecule has 0 aliphatic rings. The van der Waals surface area contributed by atoms with Crippen LogP contribution in [0.3, 0.4) is 0 Å². The number of benzene rings is 4. The van der Waals surface area contributed by atoms with Crippen LogP contribution in [-0.2, 0) is 0 Å². The van der Waals surface area contributed by atoms with Crippen LogP contribution in [0.4, 0.5) is 0 Å². The van der Waals surface area contributed by atoms with Crippen molar-refractivity contribution in [3.05, 3.63) is 93.0 Å². The molecule has 8 nitrogen and oxygen atoms in total. The molecule has 4 aromatic rings. The standard InChI is InChI=1S/C72H108O8/c1-19-49(9)41-73-65-35-59(67(33-57(65)17)75-43-51(11)21-3)27-29-61-37-71(79-47-55(15)25-7)63(39-69(61)77-45-53(13)23-5)31-32-64-40-70(78-46-54(14)24-6)62(38-72(64)80-48-56(16)26-8)30-28-60-36-66(74-42-50(10)20-2)58(18)34-68(60)76-44-52(12)22-4/h27-40,49-56H,19-26,41-48H2,1-18H3/b29-27+,30-28+,32-31+/t49-,50-,51-,52-,53-,54-,55-,56-/m0/s1. The lowest BCUT2D eigenvalue weighted by Crippen LogP contribution is -2.11. The van der Waals surface area contributed by atoms with Crippen LogP contribution in [0.25, 0.3) is 36.5 Å². The van der Waals surface area contributed by atoms with Crippen LogP contribution in [0.5, 0.6) is 46.0 Å². The Labute approximate surface area is 487 Å². The second-order valence-corrected chi connectivity index (χ2v) is 23.8. The number of aryl methyl sites for hydroxylation is 2. The molecule has 0 aromatic heterocycles. The van der Waals surface area contributed by atoms with Crippen molar-refractivity contribution in [3.63, 3.8) is 0 Å². The van der Waals surface area contributed by atoms with Gasteiger partial charge in [-0.1, -0.05) is 199 Å². The summed E-state index contributed by atoms with van der Waals surface area (Å²) in [6.07, 6.45) is 21.1. The molecule has 0 fully saturated rings. The van der Waals surface area contributed by atoms with E-state index >= 15 is 0 Å². The maximum absolute atomic E-state index is 6.82. The molecule has 4 rings (SSSR count). The minimum Gasteiger partial charge on any atom is -0.493 e. The van der Waals surface area contributed by atoms with E-state index in [0.29, 0.717) is 100 Å². The third-order valence-electron chi connectivity index (χ3n) is 16.0. The van der Waals surface area contributed by atoms with Gasteiger partial charge >= 0.3 is 0 Å². The fourth-order valence-electron chi connectivity index (χ4n) is 7.72. The molecule has 0 heterocycles. The Hall–Kier alpha value is -5.50. The highest BCUT2D eigenvalue weighted by atomic mass is 16.5. The Morgan fingerprint density at radius 3 is 0.537 bits per heavy atom. The van der Waals surface area contributed by atoms with Gasteiger partial charge < -0.3 is 37.9 Å². The van der Waals surface area contributed by atoms with Gasteiger partial charge in [0.05, 0.1) is 52.9 Å². The maximum Gasteiger partial charge on any atom is 0.127 e. The second kappa shape index (κ2) is 35.4. The molecule has 8 atom stereocenters. The maximum atomic E-state index is 6.82. The molecule has 0 saturated carbocycles. The van der Waals surface area contributed by atoms with Crippen LogP contribution in [0, 0.1) is 61.2 Å². The van der Waals surface area contributed by atoms with Crippen molar-refractivity contribution in [3.8, 4) is 46.0 Å². The monoisotopic (exact) mass is 1100 g/mol. The fraction of sp³-hybridized carbons (Fsp3) is 0.583. The van der Waals surface area contributed by atoms with Gasteiger partial charge in [0, 0.05) is 33.4 Å². The molecule has 4 aromatic carbocycles. The predicted octanol–water partition coefficient (Wildman–Crippen LogP) is 20.2. The zero-order valence-electron chi connectivity index (χ0n) is 53.3. The summed E-state index contributed by atoms with van der Waals surface area (Å²) in [7, 11) is 0. The Balaban J connectivity index is 1.97. The molecule has 0 aliphatic carbocycles. The van der Waals surface area contributed by atoms with Crippen LogP contribution in [0.2, 0.25) is 0 Å². The number of rotatable bonds is 38.